The zero-order valence-corrected chi connectivity index (χ0v) is 17.7. The van der Waals surface area contributed by atoms with Gasteiger partial charge in [0.2, 0.25) is 5.91 Å². The van der Waals surface area contributed by atoms with E-state index in [9.17, 15) is 4.79 Å². The predicted octanol–water partition coefficient (Wildman–Crippen LogP) is 4.00. The van der Waals surface area contributed by atoms with Crippen molar-refractivity contribution >= 4 is 14.2 Å². The first kappa shape index (κ1) is 21.8. The Hall–Kier alpha value is -1.21. The third-order valence-electron chi connectivity index (χ3n) is 4.79. The molecule has 6 heteroatoms. The van der Waals surface area contributed by atoms with Crippen LogP contribution in [0.4, 0.5) is 0 Å². The average molecular weight is 368 g/mol. The van der Waals surface area contributed by atoms with Crippen LogP contribution in [0.25, 0.3) is 0 Å². The van der Waals surface area contributed by atoms with Crippen LogP contribution in [0, 0.1) is 0 Å². The molecule has 0 saturated carbocycles. The van der Waals surface area contributed by atoms with Gasteiger partial charge in [-0.25, -0.2) is 5.06 Å². The molecule has 142 valence electrons. The first-order valence-corrected chi connectivity index (χ1v) is 11.6. The van der Waals surface area contributed by atoms with Gasteiger partial charge in [0, 0.05) is 7.05 Å². The fourth-order valence-electron chi connectivity index (χ4n) is 1.90. The van der Waals surface area contributed by atoms with Crippen molar-refractivity contribution in [2.75, 3.05) is 20.8 Å². The molecule has 0 radical (unpaired) electrons. The summed E-state index contributed by atoms with van der Waals surface area (Å²) in [5, 5.41) is 1.34. The summed E-state index contributed by atoms with van der Waals surface area (Å²) in [5.41, 5.74) is 1.08. The fraction of sp³-hybridized carbons (Fsp3) is 0.632. The highest BCUT2D eigenvalue weighted by molar-refractivity contribution is 6.74. The maximum Gasteiger partial charge on any atom is 0.248 e. The minimum atomic E-state index is -1.90. The van der Waals surface area contributed by atoms with Crippen LogP contribution in [-0.2, 0) is 25.4 Å². The molecule has 1 atom stereocenters. The number of rotatable bonds is 9. The maximum absolute atomic E-state index is 12.2. The molecule has 1 aromatic rings. The summed E-state index contributed by atoms with van der Waals surface area (Å²) in [6.07, 6.45) is -0.0781. The average Bonchev–Trinajstić information content (AvgIpc) is 2.56. The molecule has 0 aliphatic carbocycles. The van der Waals surface area contributed by atoms with Crippen LogP contribution in [0.15, 0.2) is 30.3 Å². The standard InChI is InChI=1S/C19H33NO4Si/c1-19(2,3)25(6,7)24-15-17(13-18(21)20(4)22-5)23-14-16-11-9-8-10-12-16/h8-12,17H,13-15H2,1-7H3/t17-/m0/s1. The number of carbonyl (C=O) groups excluding carboxylic acids is 1. The van der Waals surface area contributed by atoms with Crippen molar-refractivity contribution in [1.82, 2.24) is 5.06 Å². The lowest BCUT2D eigenvalue weighted by molar-refractivity contribution is -0.172. The fourth-order valence-corrected chi connectivity index (χ4v) is 2.93. The molecule has 25 heavy (non-hydrogen) atoms. The van der Waals surface area contributed by atoms with Gasteiger partial charge in [0.1, 0.15) is 0 Å². The highest BCUT2D eigenvalue weighted by atomic mass is 28.4. The minimum absolute atomic E-state index is 0.115. The molecule has 0 aliphatic heterocycles. The number of carbonyl (C=O) groups is 1. The molecule has 1 rings (SSSR count). The van der Waals surface area contributed by atoms with Gasteiger partial charge in [-0.2, -0.15) is 0 Å². The predicted molar refractivity (Wildman–Crippen MR) is 103 cm³/mol. The van der Waals surface area contributed by atoms with E-state index in [1.807, 2.05) is 30.3 Å². The van der Waals surface area contributed by atoms with E-state index in [4.69, 9.17) is 14.0 Å². The van der Waals surface area contributed by atoms with E-state index in [1.54, 1.807) is 7.05 Å². The molecule has 0 unspecified atom stereocenters. The number of hydrogen-bond donors (Lipinski definition) is 0. The van der Waals surface area contributed by atoms with Gasteiger partial charge in [-0.05, 0) is 23.7 Å². The maximum atomic E-state index is 12.2. The molecular formula is C19H33NO4Si. The highest BCUT2D eigenvalue weighted by Gasteiger charge is 2.37. The second kappa shape index (κ2) is 9.47. The summed E-state index contributed by atoms with van der Waals surface area (Å²) in [5.74, 6) is -0.126. The quantitative estimate of drug-likeness (QED) is 0.489. The van der Waals surface area contributed by atoms with E-state index in [0.29, 0.717) is 13.2 Å². The Morgan fingerprint density at radius 1 is 1.20 bits per heavy atom. The van der Waals surface area contributed by atoms with Crippen molar-refractivity contribution in [2.24, 2.45) is 0 Å². The van der Waals surface area contributed by atoms with E-state index >= 15 is 0 Å². The van der Waals surface area contributed by atoms with Crippen LogP contribution in [0.5, 0.6) is 0 Å². The monoisotopic (exact) mass is 367 g/mol. The summed E-state index contributed by atoms with van der Waals surface area (Å²) in [4.78, 5) is 17.2. The first-order valence-electron chi connectivity index (χ1n) is 8.67. The van der Waals surface area contributed by atoms with Crippen molar-refractivity contribution in [3.05, 3.63) is 35.9 Å². The summed E-state index contributed by atoms with van der Waals surface area (Å²) < 4.78 is 12.3. The number of ether oxygens (including phenoxy) is 1. The topological polar surface area (TPSA) is 48.0 Å². The largest absolute Gasteiger partial charge is 0.414 e. The molecule has 0 saturated heterocycles. The summed E-state index contributed by atoms with van der Waals surface area (Å²) in [7, 11) is 1.18. The molecule has 1 aromatic carbocycles. The Labute approximate surface area is 153 Å². The van der Waals surface area contributed by atoms with Crippen LogP contribution in [0.3, 0.4) is 0 Å². The Kier molecular flexibility index (Phi) is 8.27. The van der Waals surface area contributed by atoms with Gasteiger partial charge in [-0.3, -0.25) is 9.63 Å². The molecule has 0 aromatic heterocycles. The number of hydroxylamine groups is 2. The zero-order valence-electron chi connectivity index (χ0n) is 16.7. The Morgan fingerprint density at radius 3 is 2.32 bits per heavy atom. The first-order chi connectivity index (χ1) is 11.6. The smallest absolute Gasteiger partial charge is 0.248 e. The number of hydrogen-bond acceptors (Lipinski definition) is 4. The lowest BCUT2D eigenvalue weighted by Gasteiger charge is -2.37. The van der Waals surface area contributed by atoms with Gasteiger partial charge in [0.05, 0.1) is 32.8 Å². The minimum Gasteiger partial charge on any atom is -0.414 e. The summed E-state index contributed by atoms with van der Waals surface area (Å²) in [6, 6.07) is 9.94. The van der Waals surface area contributed by atoms with E-state index in [-0.39, 0.29) is 23.5 Å². The van der Waals surface area contributed by atoms with Gasteiger partial charge in [-0.1, -0.05) is 51.1 Å². The summed E-state index contributed by atoms with van der Waals surface area (Å²) >= 11 is 0. The molecule has 0 spiro atoms. The Morgan fingerprint density at radius 2 is 1.80 bits per heavy atom. The molecule has 5 nitrogen and oxygen atoms in total. The van der Waals surface area contributed by atoms with Crippen LogP contribution >= 0.6 is 0 Å². The van der Waals surface area contributed by atoms with E-state index in [1.165, 1.54) is 12.2 Å². The van der Waals surface area contributed by atoms with Crippen LogP contribution < -0.4 is 0 Å². The lowest BCUT2D eigenvalue weighted by atomic mass is 10.2. The van der Waals surface area contributed by atoms with E-state index in [2.05, 4.69) is 33.9 Å². The van der Waals surface area contributed by atoms with Crippen molar-refractivity contribution in [3.63, 3.8) is 0 Å². The van der Waals surface area contributed by atoms with Crippen molar-refractivity contribution < 1.29 is 18.8 Å². The Bertz CT molecular complexity index is 528. The molecule has 0 aliphatic rings. The third kappa shape index (κ3) is 7.28. The SMILES string of the molecule is CON(C)C(=O)C[C@@H](CO[Si](C)(C)C(C)(C)C)OCc1ccccc1. The lowest BCUT2D eigenvalue weighted by Crippen LogP contribution is -2.43. The van der Waals surface area contributed by atoms with Gasteiger partial charge in [0.25, 0.3) is 0 Å². The molecule has 0 N–H and O–H groups in total. The van der Waals surface area contributed by atoms with Crippen molar-refractivity contribution in [1.29, 1.82) is 0 Å². The van der Waals surface area contributed by atoms with Crippen molar-refractivity contribution in [3.8, 4) is 0 Å². The van der Waals surface area contributed by atoms with Crippen molar-refractivity contribution in [2.45, 2.75) is 58.0 Å². The highest BCUT2D eigenvalue weighted by Crippen LogP contribution is 2.36. The zero-order chi connectivity index (χ0) is 19.1. The third-order valence-corrected chi connectivity index (χ3v) is 9.29. The van der Waals surface area contributed by atoms with Gasteiger partial charge < -0.3 is 9.16 Å². The van der Waals surface area contributed by atoms with Gasteiger partial charge in [0.15, 0.2) is 8.32 Å². The number of benzene rings is 1. The second-order valence-corrected chi connectivity index (χ2v) is 12.6. The summed E-state index contributed by atoms with van der Waals surface area (Å²) in [6.45, 7) is 11.9. The van der Waals surface area contributed by atoms with Crippen LogP contribution in [-0.4, -0.2) is 46.2 Å². The van der Waals surface area contributed by atoms with E-state index in [0.717, 1.165) is 5.56 Å². The van der Waals surface area contributed by atoms with Crippen LogP contribution in [0.2, 0.25) is 18.1 Å². The van der Waals surface area contributed by atoms with Gasteiger partial charge in [-0.15, -0.1) is 0 Å². The van der Waals surface area contributed by atoms with E-state index < -0.39 is 8.32 Å². The van der Waals surface area contributed by atoms with Crippen LogP contribution in [0.1, 0.15) is 32.8 Å². The van der Waals surface area contributed by atoms with Gasteiger partial charge >= 0.3 is 0 Å². The number of nitrogens with zero attached hydrogens (tertiary/aromatic N) is 1. The molecule has 0 fully saturated rings. The number of amides is 1. The normalized spacial score (nSPS) is 13.6. The molecule has 0 heterocycles. The second-order valence-electron chi connectivity index (χ2n) is 7.77. The molecule has 1 amide bonds. The molecule has 0 bridgehead atoms. The molecular weight excluding hydrogens is 334 g/mol. The Balaban J connectivity index is 2.71.